The lowest BCUT2D eigenvalue weighted by Gasteiger charge is -2.07. The van der Waals surface area contributed by atoms with E-state index in [0.717, 1.165) is 5.57 Å². The maximum absolute atomic E-state index is 10.9. The molecule has 15 heavy (non-hydrogen) atoms. The number of esters is 1. The van der Waals surface area contributed by atoms with Gasteiger partial charge in [0.15, 0.2) is 0 Å². The number of aldehydes is 1. The Kier molecular flexibility index (Phi) is 3.85. The van der Waals surface area contributed by atoms with Gasteiger partial charge < -0.3 is 9.47 Å². The number of hydrogen-bond donors (Lipinski definition) is 0. The summed E-state index contributed by atoms with van der Waals surface area (Å²) in [4.78, 5) is 21.0. The average molecular weight is 208 g/mol. The zero-order valence-corrected chi connectivity index (χ0v) is 8.60. The maximum Gasteiger partial charge on any atom is 0.336 e. The summed E-state index contributed by atoms with van der Waals surface area (Å²) >= 11 is 0. The Balaban J connectivity index is 2.48. The highest BCUT2D eigenvalue weighted by Gasteiger charge is 2.22. The molecule has 1 rings (SSSR count). The molecule has 4 nitrogen and oxygen atoms in total. The van der Waals surface area contributed by atoms with Gasteiger partial charge in [-0.1, -0.05) is 6.08 Å². The van der Waals surface area contributed by atoms with Crippen molar-refractivity contribution in [3.63, 3.8) is 0 Å². The first-order valence-electron chi connectivity index (χ1n) is 4.47. The molecule has 0 bridgehead atoms. The number of carbonyl (C=O) groups excluding carboxylic acids is 2. The van der Waals surface area contributed by atoms with Gasteiger partial charge in [0.25, 0.3) is 6.29 Å². The first-order valence-corrected chi connectivity index (χ1v) is 4.47. The van der Waals surface area contributed by atoms with Crippen molar-refractivity contribution in [3.8, 4) is 0 Å². The molecular weight excluding hydrogens is 196 g/mol. The summed E-state index contributed by atoms with van der Waals surface area (Å²) in [7, 11) is 0. The van der Waals surface area contributed by atoms with Crippen LogP contribution in [0.2, 0.25) is 0 Å². The van der Waals surface area contributed by atoms with Gasteiger partial charge in [0, 0.05) is 11.6 Å². The molecule has 0 radical (unpaired) electrons. The van der Waals surface area contributed by atoms with Crippen LogP contribution in [-0.2, 0) is 19.1 Å². The minimum atomic E-state index is -0.655. The molecule has 0 aromatic heterocycles. The quantitative estimate of drug-likeness (QED) is 0.231. The number of rotatable bonds is 4. The third-order valence-corrected chi connectivity index (χ3v) is 1.76. The molecule has 0 saturated carbocycles. The smallest absolute Gasteiger partial charge is 0.336 e. The van der Waals surface area contributed by atoms with Crippen molar-refractivity contribution in [3.05, 3.63) is 35.6 Å². The fourth-order valence-electron chi connectivity index (χ4n) is 0.976. The van der Waals surface area contributed by atoms with Gasteiger partial charge in [-0.2, -0.15) is 0 Å². The van der Waals surface area contributed by atoms with E-state index in [9.17, 15) is 9.59 Å². The number of allylic oxidation sites excluding steroid dienone is 3. The molecule has 0 N–H and O–H groups in total. The van der Waals surface area contributed by atoms with E-state index in [4.69, 9.17) is 9.47 Å². The van der Waals surface area contributed by atoms with Crippen molar-refractivity contribution in [2.24, 2.45) is 0 Å². The topological polar surface area (TPSA) is 52.6 Å². The zero-order valence-electron chi connectivity index (χ0n) is 8.60. The van der Waals surface area contributed by atoms with Crippen LogP contribution in [0.15, 0.2) is 35.6 Å². The van der Waals surface area contributed by atoms with Gasteiger partial charge in [-0.25, -0.2) is 4.79 Å². The van der Waals surface area contributed by atoms with E-state index in [1.807, 2.05) is 0 Å². The molecule has 0 aromatic carbocycles. The predicted octanol–water partition coefficient (Wildman–Crippen LogP) is 1.49. The predicted molar refractivity (Wildman–Crippen MR) is 53.7 cm³/mol. The van der Waals surface area contributed by atoms with Crippen LogP contribution in [0.25, 0.3) is 0 Å². The van der Waals surface area contributed by atoms with Crippen LogP contribution in [0.5, 0.6) is 0 Å². The van der Waals surface area contributed by atoms with Crippen LogP contribution in [0.4, 0.5) is 0 Å². The first-order chi connectivity index (χ1) is 7.13. The van der Waals surface area contributed by atoms with Crippen molar-refractivity contribution >= 4 is 12.3 Å². The van der Waals surface area contributed by atoms with Crippen LogP contribution < -0.4 is 0 Å². The largest absolute Gasteiger partial charge is 0.458 e. The van der Waals surface area contributed by atoms with Crippen molar-refractivity contribution in [1.29, 1.82) is 0 Å². The van der Waals surface area contributed by atoms with E-state index in [0.29, 0.717) is 11.9 Å². The van der Waals surface area contributed by atoms with Crippen molar-refractivity contribution < 1.29 is 19.1 Å². The second-order valence-electron chi connectivity index (χ2n) is 3.12. The van der Waals surface area contributed by atoms with Crippen molar-refractivity contribution in [2.45, 2.75) is 20.1 Å². The van der Waals surface area contributed by atoms with E-state index in [2.05, 4.69) is 0 Å². The minimum absolute atomic E-state index is 0.366. The first kappa shape index (κ1) is 11.2. The third kappa shape index (κ3) is 3.42. The molecule has 0 spiro atoms. The fourth-order valence-corrected chi connectivity index (χ4v) is 0.976. The van der Waals surface area contributed by atoms with Crippen LogP contribution in [-0.4, -0.2) is 18.5 Å². The molecule has 1 heterocycles. The Morgan fingerprint density at radius 1 is 1.60 bits per heavy atom. The van der Waals surface area contributed by atoms with Crippen molar-refractivity contribution in [1.82, 2.24) is 0 Å². The van der Waals surface area contributed by atoms with Crippen molar-refractivity contribution in [2.75, 3.05) is 0 Å². The van der Waals surface area contributed by atoms with Gasteiger partial charge in [-0.15, -0.1) is 0 Å². The minimum Gasteiger partial charge on any atom is -0.458 e. The highest BCUT2D eigenvalue weighted by atomic mass is 16.7. The van der Waals surface area contributed by atoms with Gasteiger partial charge in [0.2, 0.25) is 0 Å². The number of carbonyl (C=O) groups is 2. The van der Waals surface area contributed by atoms with E-state index in [1.165, 1.54) is 12.3 Å². The number of hydrogen-bond acceptors (Lipinski definition) is 4. The molecule has 0 aromatic rings. The molecule has 0 aliphatic carbocycles. The zero-order chi connectivity index (χ0) is 11.3. The van der Waals surface area contributed by atoms with Crippen LogP contribution in [0.1, 0.15) is 13.8 Å². The Hall–Kier alpha value is -1.84. The van der Waals surface area contributed by atoms with E-state index < -0.39 is 6.29 Å². The van der Waals surface area contributed by atoms with Crippen LogP contribution >= 0.6 is 0 Å². The summed E-state index contributed by atoms with van der Waals surface area (Å²) in [6.45, 7) is 3.43. The lowest BCUT2D eigenvalue weighted by Crippen LogP contribution is -2.09. The van der Waals surface area contributed by atoms with E-state index >= 15 is 0 Å². The highest BCUT2D eigenvalue weighted by Crippen LogP contribution is 2.14. The summed E-state index contributed by atoms with van der Waals surface area (Å²) in [5.41, 5.74) is 1.30. The molecule has 1 unspecified atom stereocenters. The Morgan fingerprint density at radius 2 is 2.33 bits per heavy atom. The summed E-state index contributed by atoms with van der Waals surface area (Å²) in [6.07, 6.45) is 6.01. The molecule has 4 heteroatoms. The molecule has 1 aliphatic heterocycles. The molecule has 1 aliphatic rings. The number of ether oxygens (including phenoxy) is 2. The molecular formula is C11H12O4. The summed E-state index contributed by atoms with van der Waals surface area (Å²) < 4.78 is 9.99. The van der Waals surface area contributed by atoms with Crippen LogP contribution in [0, 0.1) is 0 Å². The SMILES string of the molecule is CC1=CC(O/C=C(C)\C=C\C=O)OC1=O. The van der Waals surface area contributed by atoms with Crippen LogP contribution in [0.3, 0.4) is 0 Å². The second kappa shape index (κ2) is 5.14. The lowest BCUT2D eigenvalue weighted by molar-refractivity contribution is -0.152. The molecule has 0 saturated heterocycles. The Morgan fingerprint density at radius 3 is 2.87 bits per heavy atom. The monoisotopic (exact) mass is 208 g/mol. The molecule has 80 valence electrons. The highest BCUT2D eigenvalue weighted by molar-refractivity contribution is 5.89. The Bertz CT molecular complexity index is 350. The maximum atomic E-state index is 10.9. The number of cyclic esters (lactones) is 1. The molecule has 1 atom stereocenters. The molecule has 0 amide bonds. The van der Waals surface area contributed by atoms with E-state index in [1.54, 1.807) is 26.0 Å². The Labute approximate surface area is 87.9 Å². The van der Waals surface area contributed by atoms with Gasteiger partial charge in [-0.05, 0) is 25.5 Å². The van der Waals surface area contributed by atoms with Gasteiger partial charge in [-0.3, -0.25) is 4.79 Å². The van der Waals surface area contributed by atoms with Gasteiger partial charge >= 0.3 is 5.97 Å². The fraction of sp³-hybridized carbons (Fsp3) is 0.273. The summed E-state index contributed by atoms with van der Waals surface area (Å²) in [6, 6.07) is 0. The second-order valence-corrected chi connectivity index (χ2v) is 3.12. The third-order valence-electron chi connectivity index (χ3n) is 1.76. The van der Waals surface area contributed by atoms with E-state index in [-0.39, 0.29) is 5.97 Å². The summed E-state index contributed by atoms with van der Waals surface area (Å²) in [5, 5.41) is 0. The molecule has 0 fully saturated rings. The standard InChI is InChI=1S/C11H12O4/c1-8(4-3-5-12)7-14-10-6-9(2)11(13)15-10/h3-7,10H,1-2H3/b4-3+,8-7-. The normalized spacial score (nSPS) is 21.5. The van der Waals surface area contributed by atoms with Gasteiger partial charge in [0.05, 0.1) is 6.26 Å². The van der Waals surface area contributed by atoms with Gasteiger partial charge in [0.1, 0.15) is 6.29 Å². The summed E-state index contributed by atoms with van der Waals surface area (Å²) in [5.74, 6) is -0.366. The average Bonchev–Trinajstić information content (AvgIpc) is 2.52. The lowest BCUT2D eigenvalue weighted by atomic mass is 10.3.